The predicted octanol–water partition coefficient (Wildman–Crippen LogP) is 2.79. The van der Waals surface area contributed by atoms with Crippen LogP contribution in [0.4, 0.5) is 0 Å². The number of ether oxygens (including phenoxy) is 1. The largest absolute Gasteiger partial charge is 0.380 e. The van der Waals surface area contributed by atoms with Crippen molar-refractivity contribution >= 4 is 11.8 Å². The van der Waals surface area contributed by atoms with Crippen molar-refractivity contribution in [2.45, 2.75) is 53.4 Å². The predicted molar refractivity (Wildman–Crippen MR) is 94.2 cm³/mol. The lowest BCUT2D eigenvalue weighted by atomic mass is 10.1. The van der Waals surface area contributed by atoms with Gasteiger partial charge in [0.15, 0.2) is 0 Å². The lowest BCUT2D eigenvalue weighted by Crippen LogP contribution is -2.31. The Hall–Kier alpha value is -1.10. The molecule has 0 aromatic heterocycles. The first kappa shape index (κ1) is 21.9. The third-order valence-electron chi connectivity index (χ3n) is 3.69. The SMILES string of the molecule is CC(C)CCCN(C)C(=O)CCOCCC(=O)N(C)CC(C)C. The molecule has 5 nitrogen and oxygen atoms in total. The molecule has 0 unspecified atom stereocenters. The summed E-state index contributed by atoms with van der Waals surface area (Å²) >= 11 is 0. The van der Waals surface area contributed by atoms with Gasteiger partial charge in [0.2, 0.25) is 11.8 Å². The molecule has 0 rings (SSSR count). The number of nitrogens with zero attached hydrogens (tertiary/aromatic N) is 2. The van der Waals surface area contributed by atoms with Gasteiger partial charge in [-0.15, -0.1) is 0 Å². The maximum atomic E-state index is 11.9. The molecule has 23 heavy (non-hydrogen) atoms. The van der Waals surface area contributed by atoms with Crippen molar-refractivity contribution in [1.82, 2.24) is 9.80 Å². The van der Waals surface area contributed by atoms with Gasteiger partial charge in [-0.2, -0.15) is 0 Å². The van der Waals surface area contributed by atoms with Gasteiger partial charge in [-0.1, -0.05) is 27.7 Å². The molecule has 0 heterocycles. The van der Waals surface area contributed by atoms with E-state index in [1.54, 1.807) is 9.80 Å². The van der Waals surface area contributed by atoms with Gasteiger partial charge in [0, 0.05) is 27.2 Å². The minimum Gasteiger partial charge on any atom is -0.380 e. The molecule has 0 atom stereocenters. The molecule has 0 saturated heterocycles. The molecule has 0 fully saturated rings. The van der Waals surface area contributed by atoms with Crippen LogP contribution in [0.15, 0.2) is 0 Å². The number of carbonyl (C=O) groups excluding carboxylic acids is 2. The molecule has 2 amide bonds. The van der Waals surface area contributed by atoms with Crippen molar-refractivity contribution in [3.05, 3.63) is 0 Å². The first-order chi connectivity index (χ1) is 10.7. The van der Waals surface area contributed by atoms with Crippen molar-refractivity contribution < 1.29 is 14.3 Å². The zero-order valence-electron chi connectivity index (χ0n) is 15.9. The van der Waals surface area contributed by atoms with Gasteiger partial charge in [-0.3, -0.25) is 9.59 Å². The van der Waals surface area contributed by atoms with Crippen LogP contribution in [-0.2, 0) is 14.3 Å². The molecule has 0 spiro atoms. The summed E-state index contributed by atoms with van der Waals surface area (Å²) in [4.78, 5) is 27.3. The Labute approximate surface area is 142 Å². The molecular formula is C18H36N2O3. The van der Waals surface area contributed by atoms with E-state index in [0.717, 1.165) is 25.9 Å². The third kappa shape index (κ3) is 12.0. The van der Waals surface area contributed by atoms with Gasteiger partial charge in [-0.05, 0) is 24.7 Å². The molecule has 0 aromatic rings. The highest BCUT2D eigenvalue weighted by molar-refractivity contribution is 5.76. The van der Waals surface area contributed by atoms with Gasteiger partial charge in [0.1, 0.15) is 0 Å². The molecule has 0 aromatic carbocycles. The second-order valence-corrected chi connectivity index (χ2v) is 7.13. The monoisotopic (exact) mass is 328 g/mol. The fourth-order valence-corrected chi connectivity index (χ4v) is 2.31. The van der Waals surface area contributed by atoms with Crippen LogP contribution in [0.2, 0.25) is 0 Å². The molecular weight excluding hydrogens is 292 g/mol. The minimum absolute atomic E-state index is 0.0934. The van der Waals surface area contributed by atoms with E-state index in [1.165, 1.54) is 0 Å². The average molecular weight is 328 g/mol. The standard InChI is InChI=1S/C18H36N2O3/c1-15(2)8-7-11-19(5)17(21)9-12-23-13-10-18(22)20(6)14-16(3)4/h15-16H,7-14H2,1-6H3. The van der Waals surface area contributed by atoms with Gasteiger partial charge < -0.3 is 14.5 Å². The first-order valence-electron chi connectivity index (χ1n) is 8.79. The molecule has 0 aliphatic rings. The Morgan fingerprint density at radius 2 is 1.39 bits per heavy atom. The topological polar surface area (TPSA) is 49.9 Å². The van der Waals surface area contributed by atoms with Crippen LogP contribution in [0, 0.1) is 11.8 Å². The van der Waals surface area contributed by atoms with Crippen LogP contribution in [0.1, 0.15) is 53.4 Å². The van der Waals surface area contributed by atoms with Crippen LogP contribution < -0.4 is 0 Å². The highest BCUT2D eigenvalue weighted by atomic mass is 16.5. The van der Waals surface area contributed by atoms with Crippen LogP contribution in [0.5, 0.6) is 0 Å². The van der Waals surface area contributed by atoms with Gasteiger partial charge in [-0.25, -0.2) is 0 Å². The molecule has 0 saturated carbocycles. The Bertz CT molecular complexity index is 343. The Morgan fingerprint density at radius 3 is 1.87 bits per heavy atom. The van der Waals surface area contributed by atoms with E-state index >= 15 is 0 Å². The fraction of sp³-hybridized carbons (Fsp3) is 0.889. The third-order valence-corrected chi connectivity index (χ3v) is 3.69. The average Bonchev–Trinajstić information content (AvgIpc) is 2.45. The summed E-state index contributed by atoms with van der Waals surface area (Å²) in [5.41, 5.74) is 0. The normalized spacial score (nSPS) is 11.1. The number of hydrogen-bond donors (Lipinski definition) is 0. The van der Waals surface area contributed by atoms with E-state index in [2.05, 4.69) is 27.7 Å². The van der Waals surface area contributed by atoms with E-state index in [9.17, 15) is 9.59 Å². The van der Waals surface area contributed by atoms with E-state index in [0.29, 0.717) is 37.9 Å². The lowest BCUT2D eigenvalue weighted by Gasteiger charge is -2.19. The molecule has 0 aliphatic heterocycles. The van der Waals surface area contributed by atoms with Crippen molar-refractivity contribution in [2.24, 2.45) is 11.8 Å². The summed E-state index contributed by atoms with van der Waals surface area (Å²) in [6.45, 7) is 10.9. The van der Waals surface area contributed by atoms with Crippen LogP contribution in [0.3, 0.4) is 0 Å². The van der Waals surface area contributed by atoms with Crippen molar-refractivity contribution in [3.63, 3.8) is 0 Å². The quantitative estimate of drug-likeness (QED) is 0.518. The fourth-order valence-electron chi connectivity index (χ4n) is 2.31. The summed E-state index contributed by atoms with van der Waals surface area (Å²) in [5.74, 6) is 1.34. The second kappa shape index (κ2) is 12.3. The van der Waals surface area contributed by atoms with Gasteiger partial charge in [0.25, 0.3) is 0 Å². The summed E-state index contributed by atoms with van der Waals surface area (Å²) in [7, 11) is 3.66. The molecule has 0 radical (unpaired) electrons. The van der Waals surface area contributed by atoms with Crippen LogP contribution in [0.25, 0.3) is 0 Å². The number of amides is 2. The smallest absolute Gasteiger partial charge is 0.224 e. The zero-order chi connectivity index (χ0) is 17.8. The van der Waals surface area contributed by atoms with E-state index in [1.807, 2.05) is 14.1 Å². The minimum atomic E-state index is 0.0934. The molecule has 0 N–H and O–H groups in total. The number of carbonyl (C=O) groups is 2. The van der Waals surface area contributed by atoms with Crippen molar-refractivity contribution in [2.75, 3.05) is 40.4 Å². The lowest BCUT2D eigenvalue weighted by molar-refractivity contribution is -0.132. The van der Waals surface area contributed by atoms with E-state index < -0.39 is 0 Å². The van der Waals surface area contributed by atoms with Gasteiger partial charge >= 0.3 is 0 Å². The number of hydrogen-bond acceptors (Lipinski definition) is 3. The summed E-state index contributed by atoms with van der Waals surface area (Å²) < 4.78 is 5.43. The molecule has 5 heteroatoms. The second-order valence-electron chi connectivity index (χ2n) is 7.13. The highest BCUT2D eigenvalue weighted by Gasteiger charge is 2.11. The van der Waals surface area contributed by atoms with E-state index in [4.69, 9.17) is 4.74 Å². The highest BCUT2D eigenvalue weighted by Crippen LogP contribution is 2.05. The van der Waals surface area contributed by atoms with Crippen LogP contribution >= 0.6 is 0 Å². The summed E-state index contributed by atoms with van der Waals surface area (Å²) in [6, 6.07) is 0. The van der Waals surface area contributed by atoms with Gasteiger partial charge in [0.05, 0.1) is 26.1 Å². The Kier molecular flexibility index (Phi) is 11.7. The maximum absolute atomic E-state index is 11.9. The zero-order valence-corrected chi connectivity index (χ0v) is 15.9. The maximum Gasteiger partial charge on any atom is 0.224 e. The summed E-state index contributed by atoms with van der Waals surface area (Å²) in [6.07, 6.45) is 2.94. The Morgan fingerprint density at radius 1 is 0.870 bits per heavy atom. The summed E-state index contributed by atoms with van der Waals surface area (Å²) in [5, 5.41) is 0. The van der Waals surface area contributed by atoms with Crippen molar-refractivity contribution in [1.29, 1.82) is 0 Å². The molecule has 0 aliphatic carbocycles. The molecule has 0 bridgehead atoms. The molecule has 136 valence electrons. The number of rotatable bonds is 12. The Balaban J connectivity index is 3.70. The first-order valence-corrected chi connectivity index (χ1v) is 8.79. The van der Waals surface area contributed by atoms with Crippen LogP contribution in [-0.4, -0.2) is 62.0 Å². The van der Waals surface area contributed by atoms with Crippen molar-refractivity contribution in [3.8, 4) is 0 Å². The van der Waals surface area contributed by atoms with E-state index in [-0.39, 0.29) is 11.8 Å².